The van der Waals surface area contributed by atoms with Gasteiger partial charge in [0.1, 0.15) is 11.3 Å². The summed E-state index contributed by atoms with van der Waals surface area (Å²) < 4.78 is 5.58. The second-order valence-corrected chi connectivity index (χ2v) is 5.71. The van der Waals surface area contributed by atoms with E-state index in [9.17, 15) is 14.7 Å². The Morgan fingerprint density at radius 1 is 1.38 bits per heavy atom. The van der Waals surface area contributed by atoms with E-state index in [1.807, 2.05) is 32.0 Å². The highest BCUT2D eigenvalue weighted by atomic mass is 16.5. The number of aryl methyl sites for hydroxylation is 1. The zero-order chi connectivity index (χ0) is 15.6. The Hall–Kier alpha value is -2.04. The number of nitrogens with zero attached hydrogens (tertiary/aromatic N) is 1. The summed E-state index contributed by atoms with van der Waals surface area (Å²) in [7, 11) is 0. The third-order valence-electron chi connectivity index (χ3n) is 4.31. The smallest absolute Gasteiger partial charge is 0.329 e. The van der Waals surface area contributed by atoms with Crippen molar-refractivity contribution in [1.29, 1.82) is 0 Å². The Bertz CT molecular complexity index is 569. The molecule has 0 aromatic heterocycles. The van der Waals surface area contributed by atoms with Crippen LogP contribution in [0.25, 0.3) is 0 Å². The first kappa shape index (κ1) is 15.4. The summed E-state index contributed by atoms with van der Waals surface area (Å²) in [6, 6.07) is 5.67. The van der Waals surface area contributed by atoms with Gasteiger partial charge in [-0.3, -0.25) is 4.79 Å². The van der Waals surface area contributed by atoms with Gasteiger partial charge in [-0.15, -0.1) is 0 Å². The molecule has 1 aromatic carbocycles. The fourth-order valence-electron chi connectivity index (χ4n) is 2.68. The van der Waals surface area contributed by atoms with E-state index in [2.05, 4.69) is 0 Å². The molecule has 5 heteroatoms. The summed E-state index contributed by atoms with van der Waals surface area (Å²) in [5.41, 5.74) is 0.978. The van der Waals surface area contributed by atoms with Gasteiger partial charge in [0, 0.05) is 6.54 Å². The van der Waals surface area contributed by atoms with Crippen LogP contribution >= 0.6 is 0 Å². The third-order valence-corrected chi connectivity index (χ3v) is 4.31. The van der Waals surface area contributed by atoms with Crippen molar-refractivity contribution >= 4 is 11.9 Å². The Kier molecular flexibility index (Phi) is 4.21. The average molecular weight is 291 g/mol. The van der Waals surface area contributed by atoms with Crippen molar-refractivity contribution in [3.05, 3.63) is 29.3 Å². The van der Waals surface area contributed by atoms with Gasteiger partial charge >= 0.3 is 5.97 Å². The zero-order valence-electron chi connectivity index (χ0n) is 12.7. The number of carbonyl (C=O) groups is 2. The molecule has 1 unspecified atom stereocenters. The molecule has 2 rings (SSSR count). The summed E-state index contributed by atoms with van der Waals surface area (Å²) in [5.74, 6) is -0.571. The second kappa shape index (κ2) is 5.76. The van der Waals surface area contributed by atoms with Crippen LogP contribution in [0.5, 0.6) is 5.75 Å². The van der Waals surface area contributed by atoms with Crippen molar-refractivity contribution in [3.8, 4) is 5.75 Å². The summed E-state index contributed by atoms with van der Waals surface area (Å²) >= 11 is 0. The topological polar surface area (TPSA) is 66.8 Å². The van der Waals surface area contributed by atoms with Crippen LogP contribution in [0.4, 0.5) is 0 Å². The van der Waals surface area contributed by atoms with Crippen LogP contribution in [0.1, 0.15) is 30.9 Å². The lowest BCUT2D eigenvalue weighted by Gasteiger charge is -2.31. The van der Waals surface area contributed by atoms with Crippen molar-refractivity contribution in [2.75, 3.05) is 13.2 Å². The summed E-state index contributed by atoms with van der Waals surface area (Å²) in [4.78, 5) is 25.1. The van der Waals surface area contributed by atoms with Gasteiger partial charge in [0.15, 0.2) is 6.61 Å². The molecule has 0 bridgehead atoms. The number of carboxylic acids is 1. The first-order chi connectivity index (χ1) is 9.86. The molecule has 1 aliphatic heterocycles. The normalized spacial score (nSPS) is 21.4. The third kappa shape index (κ3) is 2.86. The monoisotopic (exact) mass is 291 g/mol. The van der Waals surface area contributed by atoms with E-state index in [-0.39, 0.29) is 12.5 Å². The van der Waals surface area contributed by atoms with Crippen LogP contribution in [0, 0.1) is 13.8 Å². The predicted molar refractivity (Wildman–Crippen MR) is 78.4 cm³/mol. The minimum Gasteiger partial charge on any atom is -0.483 e. The maximum Gasteiger partial charge on any atom is 0.329 e. The highest BCUT2D eigenvalue weighted by molar-refractivity contribution is 5.88. The Labute approximate surface area is 124 Å². The van der Waals surface area contributed by atoms with Crippen LogP contribution in [0.2, 0.25) is 0 Å². The number of benzene rings is 1. The molecule has 0 radical (unpaired) electrons. The molecule has 1 atom stereocenters. The number of ether oxygens (including phenoxy) is 1. The van der Waals surface area contributed by atoms with Gasteiger partial charge in [0.25, 0.3) is 5.91 Å². The van der Waals surface area contributed by atoms with Gasteiger partial charge in [0.05, 0.1) is 0 Å². The Morgan fingerprint density at radius 2 is 2.10 bits per heavy atom. The molecule has 1 aliphatic rings. The van der Waals surface area contributed by atoms with Gasteiger partial charge in [-0.1, -0.05) is 12.1 Å². The number of rotatable bonds is 4. The van der Waals surface area contributed by atoms with Crippen molar-refractivity contribution in [1.82, 2.24) is 4.90 Å². The minimum absolute atomic E-state index is 0.132. The average Bonchev–Trinajstić information content (AvgIpc) is 2.84. The molecule has 0 saturated carbocycles. The van der Waals surface area contributed by atoms with E-state index in [1.165, 1.54) is 4.90 Å². The molecule has 1 amide bonds. The van der Waals surface area contributed by atoms with Gasteiger partial charge in [-0.05, 0) is 50.8 Å². The number of amides is 1. The highest BCUT2D eigenvalue weighted by Crippen LogP contribution is 2.29. The standard InChI is InChI=1S/C16H21NO4/c1-11-6-4-7-13(12(11)2)21-10-14(18)17-9-5-8-16(17,3)15(19)20/h4,6-7H,5,8-10H2,1-3H3,(H,19,20). The number of hydrogen-bond donors (Lipinski definition) is 1. The summed E-state index contributed by atoms with van der Waals surface area (Å²) in [5, 5.41) is 9.32. The molecule has 1 aromatic rings. The summed E-state index contributed by atoms with van der Waals surface area (Å²) in [6.07, 6.45) is 1.19. The van der Waals surface area contributed by atoms with Gasteiger partial charge in [0.2, 0.25) is 0 Å². The van der Waals surface area contributed by atoms with Crippen LogP contribution in [-0.4, -0.2) is 40.6 Å². The van der Waals surface area contributed by atoms with E-state index in [1.54, 1.807) is 6.92 Å². The number of likely N-dealkylation sites (tertiary alicyclic amines) is 1. The lowest BCUT2D eigenvalue weighted by Crippen LogP contribution is -2.52. The molecule has 5 nitrogen and oxygen atoms in total. The van der Waals surface area contributed by atoms with Crippen molar-refractivity contribution in [3.63, 3.8) is 0 Å². The molecule has 21 heavy (non-hydrogen) atoms. The van der Waals surface area contributed by atoms with Crippen LogP contribution in [0.3, 0.4) is 0 Å². The highest BCUT2D eigenvalue weighted by Gasteiger charge is 2.45. The SMILES string of the molecule is Cc1cccc(OCC(=O)N2CCCC2(C)C(=O)O)c1C. The number of hydrogen-bond acceptors (Lipinski definition) is 3. The molecule has 0 aliphatic carbocycles. The number of carbonyl (C=O) groups excluding carboxylic acids is 1. The maximum absolute atomic E-state index is 12.3. The van der Waals surface area contributed by atoms with Gasteiger partial charge < -0.3 is 14.7 Å². The minimum atomic E-state index is -1.11. The van der Waals surface area contributed by atoms with Gasteiger partial charge in [-0.25, -0.2) is 4.79 Å². The molecular weight excluding hydrogens is 270 g/mol. The number of carboxylic acid groups (broad SMARTS) is 1. The summed E-state index contributed by atoms with van der Waals surface area (Å²) in [6.45, 7) is 5.85. The van der Waals surface area contributed by atoms with Crippen LogP contribution < -0.4 is 4.74 Å². The van der Waals surface area contributed by atoms with Gasteiger partial charge in [-0.2, -0.15) is 0 Å². The van der Waals surface area contributed by atoms with E-state index < -0.39 is 11.5 Å². The molecule has 0 spiro atoms. The predicted octanol–water partition coefficient (Wildman–Crippen LogP) is 2.15. The van der Waals surface area contributed by atoms with E-state index >= 15 is 0 Å². The fraction of sp³-hybridized carbons (Fsp3) is 0.500. The molecule has 1 N–H and O–H groups in total. The van der Waals surface area contributed by atoms with Crippen LogP contribution in [-0.2, 0) is 9.59 Å². The zero-order valence-corrected chi connectivity index (χ0v) is 12.7. The molecule has 1 fully saturated rings. The number of aliphatic carboxylic acids is 1. The maximum atomic E-state index is 12.3. The Morgan fingerprint density at radius 3 is 2.76 bits per heavy atom. The molecule has 1 saturated heterocycles. The largest absolute Gasteiger partial charge is 0.483 e. The first-order valence-electron chi connectivity index (χ1n) is 7.09. The van der Waals surface area contributed by atoms with E-state index in [0.717, 1.165) is 11.1 Å². The molecule has 114 valence electrons. The van der Waals surface area contributed by atoms with Crippen molar-refractivity contribution < 1.29 is 19.4 Å². The quantitative estimate of drug-likeness (QED) is 0.923. The van der Waals surface area contributed by atoms with Crippen molar-refractivity contribution in [2.45, 2.75) is 39.2 Å². The Balaban J connectivity index is 2.05. The van der Waals surface area contributed by atoms with E-state index in [4.69, 9.17) is 4.74 Å². The fourth-order valence-corrected chi connectivity index (χ4v) is 2.68. The molecule has 1 heterocycles. The molecular formula is C16H21NO4. The van der Waals surface area contributed by atoms with E-state index in [0.29, 0.717) is 25.1 Å². The lowest BCUT2D eigenvalue weighted by molar-refractivity contribution is -0.156. The second-order valence-electron chi connectivity index (χ2n) is 5.71. The lowest BCUT2D eigenvalue weighted by atomic mass is 9.99. The van der Waals surface area contributed by atoms with Crippen LogP contribution in [0.15, 0.2) is 18.2 Å². The first-order valence-corrected chi connectivity index (χ1v) is 7.09. The van der Waals surface area contributed by atoms with Crippen molar-refractivity contribution in [2.24, 2.45) is 0 Å².